The third kappa shape index (κ3) is 4.92. The molecular formula is C25H27NO4. The van der Waals surface area contributed by atoms with E-state index >= 15 is 0 Å². The molecule has 0 bridgehead atoms. The molecule has 30 heavy (non-hydrogen) atoms. The highest BCUT2D eigenvalue weighted by Gasteiger charge is 2.26. The van der Waals surface area contributed by atoms with E-state index in [4.69, 9.17) is 14.2 Å². The zero-order valence-electron chi connectivity index (χ0n) is 17.8. The first-order valence-corrected chi connectivity index (χ1v) is 9.76. The van der Waals surface area contributed by atoms with Crippen molar-refractivity contribution in [1.82, 2.24) is 4.90 Å². The highest BCUT2D eigenvalue weighted by molar-refractivity contribution is 5.82. The van der Waals surface area contributed by atoms with E-state index in [0.717, 1.165) is 16.7 Å². The second-order valence-electron chi connectivity index (χ2n) is 7.05. The largest absolute Gasteiger partial charge is 0.493 e. The topological polar surface area (TPSA) is 48.0 Å². The van der Waals surface area contributed by atoms with E-state index in [2.05, 4.69) is 0 Å². The maximum atomic E-state index is 13.4. The van der Waals surface area contributed by atoms with E-state index < -0.39 is 6.10 Å². The van der Waals surface area contributed by atoms with Gasteiger partial charge in [-0.25, -0.2) is 0 Å². The van der Waals surface area contributed by atoms with Gasteiger partial charge < -0.3 is 19.1 Å². The Morgan fingerprint density at radius 3 is 2.07 bits per heavy atom. The summed E-state index contributed by atoms with van der Waals surface area (Å²) >= 11 is 0. The lowest BCUT2D eigenvalue weighted by Gasteiger charge is -2.26. The predicted molar refractivity (Wildman–Crippen MR) is 117 cm³/mol. The number of hydrogen-bond acceptors (Lipinski definition) is 4. The summed E-state index contributed by atoms with van der Waals surface area (Å²) in [4.78, 5) is 15.1. The molecule has 5 heteroatoms. The average molecular weight is 405 g/mol. The number of para-hydroxylation sites is 1. The number of nitrogens with zero attached hydrogens (tertiary/aromatic N) is 1. The van der Waals surface area contributed by atoms with Crippen molar-refractivity contribution in [3.8, 4) is 17.2 Å². The van der Waals surface area contributed by atoms with Crippen LogP contribution in [0.1, 0.15) is 22.8 Å². The van der Waals surface area contributed by atoms with E-state index in [1.165, 1.54) is 0 Å². The molecule has 0 aromatic heterocycles. The first kappa shape index (κ1) is 21.2. The van der Waals surface area contributed by atoms with Gasteiger partial charge in [-0.1, -0.05) is 48.5 Å². The van der Waals surface area contributed by atoms with Gasteiger partial charge in [0.1, 0.15) is 5.75 Å². The molecule has 0 aliphatic rings. The van der Waals surface area contributed by atoms with Crippen LogP contribution in [0, 0.1) is 6.92 Å². The van der Waals surface area contributed by atoms with E-state index in [0.29, 0.717) is 23.8 Å². The molecule has 5 nitrogen and oxygen atoms in total. The summed E-state index contributed by atoms with van der Waals surface area (Å²) in [5.74, 6) is 1.83. The molecule has 0 aliphatic carbocycles. The second-order valence-corrected chi connectivity index (χ2v) is 7.05. The number of ether oxygens (including phenoxy) is 3. The SMILES string of the molecule is COc1cc(C)c(CN(C)C(=O)C(Oc2ccccc2)c2ccccc2)cc1OC. The van der Waals surface area contributed by atoms with E-state index in [1.807, 2.05) is 79.7 Å². The maximum absolute atomic E-state index is 13.4. The molecule has 0 saturated carbocycles. The van der Waals surface area contributed by atoms with Crippen molar-refractivity contribution < 1.29 is 19.0 Å². The third-order valence-corrected chi connectivity index (χ3v) is 4.95. The molecule has 0 radical (unpaired) electrons. The smallest absolute Gasteiger partial charge is 0.268 e. The van der Waals surface area contributed by atoms with Crippen LogP contribution in [-0.2, 0) is 11.3 Å². The van der Waals surface area contributed by atoms with Crippen LogP contribution in [0.4, 0.5) is 0 Å². The van der Waals surface area contributed by atoms with Crippen molar-refractivity contribution in [3.05, 3.63) is 89.5 Å². The van der Waals surface area contributed by atoms with Crippen molar-refractivity contribution in [1.29, 1.82) is 0 Å². The number of hydrogen-bond donors (Lipinski definition) is 0. The Kier molecular flexibility index (Phi) is 6.96. The van der Waals surface area contributed by atoms with Gasteiger partial charge in [0.15, 0.2) is 11.5 Å². The van der Waals surface area contributed by atoms with Crippen LogP contribution in [0.5, 0.6) is 17.2 Å². The summed E-state index contributed by atoms with van der Waals surface area (Å²) in [6.07, 6.45) is -0.737. The van der Waals surface area contributed by atoms with Crippen molar-refractivity contribution in [2.75, 3.05) is 21.3 Å². The predicted octanol–water partition coefficient (Wildman–Crippen LogP) is 4.79. The summed E-state index contributed by atoms with van der Waals surface area (Å²) in [5.41, 5.74) is 2.81. The molecule has 1 unspecified atom stereocenters. The van der Waals surface area contributed by atoms with Gasteiger partial charge in [0.25, 0.3) is 5.91 Å². The summed E-state index contributed by atoms with van der Waals surface area (Å²) < 4.78 is 16.9. The van der Waals surface area contributed by atoms with Gasteiger partial charge in [-0.05, 0) is 42.3 Å². The van der Waals surface area contributed by atoms with Crippen LogP contribution in [0.25, 0.3) is 0 Å². The Morgan fingerprint density at radius 2 is 1.47 bits per heavy atom. The number of carbonyl (C=O) groups is 1. The van der Waals surface area contributed by atoms with Crippen LogP contribution in [0.2, 0.25) is 0 Å². The molecule has 0 aliphatic heterocycles. The van der Waals surface area contributed by atoms with Crippen molar-refractivity contribution in [2.24, 2.45) is 0 Å². The summed E-state index contributed by atoms with van der Waals surface area (Å²) in [6.45, 7) is 2.41. The van der Waals surface area contributed by atoms with Crippen LogP contribution < -0.4 is 14.2 Å². The fraction of sp³-hybridized carbons (Fsp3) is 0.240. The zero-order valence-corrected chi connectivity index (χ0v) is 17.8. The summed E-state index contributed by atoms with van der Waals surface area (Å²) in [5, 5.41) is 0. The molecular weight excluding hydrogens is 378 g/mol. The fourth-order valence-electron chi connectivity index (χ4n) is 3.25. The Bertz CT molecular complexity index is 973. The Balaban J connectivity index is 1.85. The first-order valence-electron chi connectivity index (χ1n) is 9.76. The number of benzene rings is 3. The van der Waals surface area contributed by atoms with E-state index in [-0.39, 0.29) is 5.91 Å². The summed E-state index contributed by atoms with van der Waals surface area (Å²) in [6, 6.07) is 22.8. The Morgan fingerprint density at radius 1 is 0.900 bits per heavy atom. The van der Waals surface area contributed by atoms with Gasteiger partial charge in [0.2, 0.25) is 6.10 Å². The van der Waals surface area contributed by atoms with E-state index in [9.17, 15) is 4.79 Å². The average Bonchev–Trinajstić information content (AvgIpc) is 2.79. The Labute approximate surface area is 177 Å². The normalized spacial score (nSPS) is 11.5. The lowest BCUT2D eigenvalue weighted by Crippen LogP contribution is -2.34. The molecule has 1 atom stereocenters. The molecule has 3 rings (SSSR count). The molecule has 0 N–H and O–H groups in total. The molecule has 0 heterocycles. The zero-order chi connectivity index (χ0) is 21.5. The minimum atomic E-state index is -0.737. The molecule has 0 spiro atoms. The van der Waals surface area contributed by atoms with Crippen LogP contribution >= 0.6 is 0 Å². The number of aryl methyl sites for hydroxylation is 1. The minimum absolute atomic E-state index is 0.126. The molecule has 3 aromatic carbocycles. The van der Waals surface area contributed by atoms with Gasteiger partial charge in [0, 0.05) is 19.2 Å². The molecule has 156 valence electrons. The maximum Gasteiger partial charge on any atom is 0.268 e. The third-order valence-electron chi connectivity index (χ3n) is 4.95. The second kappa shape index (κ2) is 9.83. The number of rotatable bonds is 8. The standard InChI is InChI=1S/C25H27NO4/c1-18-15-22(28-3)23(29-4)16-20(18)17-26(2)25(27)24(19-11-7-5-8-12-19)30-21-13-9-6-10-14-21/h5-16,24H,17H2,1-4H3. The van der Waals surface area contributed by atoms with Crippen LogP contribution in [0.3, 0.4) is 0 Å². The molecule has 1 amide bonds. The lowest BCUT2D eigenvalue weighted by molar-refractivity contribution is -0.138. The molecule has 0 fully saturated rings. The quantitative estimate of drug-likeness (QED) is 0.541. The lowest BCUT2D eigenvalue weighted by atomic mass is 10.1. The van der Waals surface area contributed by atoms with Crippen molar-refractivity contribution in [3.63, 3.8) is 0 Å². The van der Waals surface area contributed by atoms with E-state index in [1.54, 1.807) is 26.2 Å². The highest BCUT2D eigenvalue weighted by Crippen LogP contribution is 2.31. The van der Waals surface area contributed by atoms with Gasteiger partial charge in [0.05, 0.1) is 14.2 Å². The number of carbonyl (C=O) groups excluding carboxylic acids is 1. The van der Waals surface area contributed by atoms with Gasteiger partial charge >= 0.3 is 0 Å². The summed E-state index contributed by atoms with van der Waals surface area (Å²) in [7, 11) is 4.99. The van der Waals surface area contributed by atoms with Gasteiger partial charge in [-0.15, -0.1) is 0 Å². The van der Waals surface area contributed by atoms with Crippen molar-refractivity contribution in [2.45, 2.75) is 19.6 Å². The van der Waals surface area contributed by atoms with Crippen LogP contribution in [0.15, 0.2) is 72.8 Å². The fourth-order valence-corrected chi connectivity index (χ4v) is 3.25. The number of likely N-dealkylation sites (N-methyl/N-ethyl adjacent to an activating group) is 1. The van der Waals surface area contributed by atoms with Gasteiger partial charge in [-0.3, -0.25) is 4.79 Å². The van der Waals surface area contributed by atoms with Crippen molar-refractivity contribution >= 4 is 5.91 Å². The monoisotopic (exact) mass is 405 g/mol. The Hall–Kier alpha value is -3.47. The molecule has 3 aromatic rings. The molecule has 0 saturated heterocycles. The van der Waals surface area contributed by atoms with Gasteiger partial charge in [-0.2, -0.15) is 0 Å². The number of methoxy groups -OCH3 is 2. The highest BCUT2D eigenvalue weighted by atomic mass is 16.5. The number of amides is 1. The first-order chi connectivity index (χ1) is 14.5. The minimum Gasteiger partial charge on any atom is -0.493 e. The van der Waals surface area contributed by atoms with Crippen LogP contribution in [-0.4, -0.2) is 32.1 Å².